The van der Waals surface area contributed by atoms with E-state index in [-0.39, 0.29) is 12.0 Å². The number of amides is 2. The van der Waals surface area contributed by atoms with Crippen LogP contribution in [0, 0.1) is 0 Å². The van der Waals surface area contributed by atoms with E-state index in [1.165, 1.54) is 0 Å². The molecule has 1 rings (SSSR count). The first-order valence-electron chi connectivity index (χ1n) is 8.24. The van der Waals surface area contributed by atoms with Crippen LogP contribution in [0.15, 0.2) is 12.4 Å². The maximum atomic E-state index is 12.1. The lowest BCUT2D eigenvalue weighted by Gasteiger charge is -2.25. The van der Waals surface area contributed by atoms with Crippen molar-refractivity contribution in [1.29, 1.82) is 0 Å². The van der Waals surface area contributed by atoms with Gasteiger partial charge in [-0.1, -0.05) is 0 Å². The molecule has 0 saturated heterocycles. The summed E-state index contributed by atoms with van der Waals surface area (Å²) in [5.74, 6) is 0.0961. The van der Waals surface area contributed by atoms with Crippen molar-refractivity contribution in [1.82, 2.24) is 19.6 Å². The van der Waals surface area contributed by atoms with Gasteiger partial charge in [0.05, 0.1) is 6.20 Å². The Morgan fingerprint density at radius 3 is 2.38 bits per heavy atom. The van der Waals surface area contributed by atoms with Gasteiger partial charge in [-0.05, 0) is 39.2 Å². The van der Waals surface area contributed by atoms with Crippen molar-refractivity contribution in [2.75, 3.05) is 27.2 Å². The lowest BCUT2D eigenvalue weighted by atomic mass is 10.2. The highest BCUT2D eigenvalue weighted by Crippen LogP contribution is 2.09. The van der Waals surface area contributed by atoms with E-state index in [4.69, 9.17) is 4.74 Å². The van der Waals surface area contributed by atoms with Crippen molar-refractivity contribution in [3.05, 3.63) is 18.0 Å². The normalized spacial score (nSPS) is 11.2. The highest BCUT2D eigenvalue weighted by atomic mass is 16.6. The van der Waals surface area contributed by atoms with Crippen molar-refractivity contribution in [2.45, 2.75) is 45.6 Å². The highest BCUT2D eigenvalue weighted by Gasteiger charge is 2.19. The van der Waals surface area contributed by atoms with E-state index in [0.29, 0.717) is 32.4 Å². The standard InChI is InChI=1S/C17H30N4O3/c1-17(2,3)24-16(23)20(5)11-7-10-19(4)15(22)9-8-14-12-18-21(6)13-14/h12-13H,7-11H2,1-6H3. The summed E-state index contributed by atoms with van der Waals surface area (Å²) in [7, 11) is 5.36. The van der Waals surface area contributed by atoms with Gasteiger partial charge in [-0.15, -0.1) is 0 Å². The Bertz CT molecular complexity index is 548. The number of nitrogens with zero attached hydrogens (tertiary/aromatic N) is 4. The minimum Gasteiger partial charge on any atom is -0.444 e. The van der Waals surface area contributed by atoms with E-state index in [0.717, 1.165) is 5.56 Å². The van der Waals surface area contributed by atoms with Gasteiger partial charge in [0, 0.05) is 46.9 Å². The molecule has 0 bridgehead atoms. The van der Waals surface area contributed by atoms with Gasteiger partial charge in [0.2, 0.25) is 5.91 Å². The van der Waals surface area contributed by atoms with Gasteiger partial charge in [-0.3, -0.25) is 9.48 Å². The highest BCUT2D eigenvalue weighted by molar-refractivity contribution is 5.76. The molecule has 0 aliphatic rings. The fraction of sp³-hybridized carbons (Fsp3) is 0.706. The number of aromatic nitrogens is 2. The van der Waals surface area contributed by atoms with Gasteiger partial charge < -0.3 is 14.5 Å². The number of carbonyl (C=O) groups excluding carboxylic acids is 2. The van der Waals surface area contributed by atoms with Crippen LogP contribution < -0.4 is 0 Å². The van der Waals surface area contributed by atoms with Gasteiger partial charge in [0.25, 0.3) is 0 Å². The second-order valence-corrected chi connectivity index (χ2v) is 7.09. The molecular weight excluding hydrogens is 308 g/mol. The zero-order valence-electron chi connectivity index (χ0n) is 15.7. The zero-order chi connectivity index (χ0) is 18.3. The van der Waals surface area contributed by atoms with Crippen LogP contribution in [0.5, 0.6) is 0 Å². The van der Waals surface area contributed by atoms with Gasteiger partial charge in [-0.25, -0.2) is 4.79 Å². The first-order valence-corrected chi connectivity index (χ1v) is 8.24. The molecule has 0 spiro atoms. The molecule has 0 aliphatic carbocycles. The topological polar surface area (TPSA) is 67.7 Å². The lowest BCUT2D eigenvalue weighted by molar-refractivity contribution is -0.129. The van der Waals surface area contributed by atoms with Gasteiger partial charge in [-0.2, -0.15) is 5.10 Å². The third kappa shape index (κ3) is 7.48. The summed E-state index contributed by atoms with van der Waals surface area (Å²) in [6, 6.07) is 0. The predicted molar refractivity (Wildman–Crippen MR) is 92.6 cm³/mol. The molecule has 7 heteroatoms. The molecular formula is C17H30N4O3. The molecule has 2 amide bonds. The van der Waals surface area contributed by atoms with Crippen molar-refractivity contribution in [3.63, 3.8) is 0 Å². The molecule has 1 aromatic heterocycles. The Morgan fingerprint density at radius 1 is 1.21 bits per heavy atom. The molecule has 0 radical (unpaired) electrons. The quantitative estimate of drug-likeness (QED) is 0.763. The summed E-state index contributed by atoms with van der Waals surface area (Å²) < 4.78 is 7.02. The van der Waals surface area contributed by atoms with Crippen LogP contribution in [0.25, 0.3) is 0 Å². The molecule has 0 atom stereocenters. The molecule has 0 fully saturated rings. The van der Waals surface area contributed by atoms with Crippen LogP contribution >= 0.6 is 0 Å². The Balaban J connectivity index is 2.26. The molecule has 24 heavy (non-hydrogen) atoms. The Morgan fingerprint density at radius 2 is 1.83 bits per heavy atom. The minimum atomic E-state index is -0.496. The molecule has 0 N–H and O–H groups in total. The number of hydrogen-bond acceptors (Lipinski definition) is 4. The second kappa shape index (κ2) is 8.70. The number of hydrogen-bond donors (Lipinski definition) is 0. The molecule has 0 aromatic carbocycles. The van der Waals surface area contributed by atoms with Gasteiger partial charge in [0.15, 0.2) is 0 Å². The average molecular weight is 338 g/mol. The number of carbonyl (C=O) groups is 2. The van der Waals surface area contributed by atoms with Crippen LogP contribution in [0.2, 0.25) is 0 Å². The Kier molecular flexibility index (Phi) is 7.25. The summed E-state index contributed by atoms with van der Waals surface area (Å²) in [4.78, 5) is 27.2. The van der Waals surface area contributed by atoms with Gasteiger partial charge in [0.1, 0.15) is 5.60 Å². The summed E-state index contributed by atoms with van der Waals surface area (Å²) >= 11 is 0. The molecule has 1 aromatic rings. The smallest absolute Gasteiger partial charge is 0.410 e. The summed E-state index contributed by atoms with van der Waals surface area (Å²) in [5.41, 5.74) is 0.564. The van der Waals surface area contributed by atoms with Crippen LogP contribution in [0.1, 0.15) is 39.2 Å². The summed E-state index contributed by atoms with van der Waals surface area (Å²) in [6.45, 7) is 6.68. The maximum Gasteiger partial charge on any atom is 0.410 e. The van der Waals surface area contributed by atoms with E-state index < -0.39 is 5.60 Å². The Labute approximate surface area is 144 Å². The van der Waals surface area contributed by atoms with Crippen molar-refractivity contribution in [2.24, 2.45) is 7.05 Å². The molecule has 0 aliphatic heterocycles. The van der Waals surface area contributed by atoms with E-state index in [1.807, 2.05) is 34.0 Å². The lowest BCUT2D eigenvalue weighted by Crippen LogP contribution is -2.36. The second-order valence-electron chi connectivity index (χ2n) is 7.09. The third-order valence-corrected chi connectivity index (χ3v) is 3.50. The average Bonchev–Trinajstić information content (AvgIpc) is 2.88. The maximum absolute atomic E-state index is 12.1. The van der Waals surface area contributed by atoms with Crippen molar-refractivity contribution >= 4 is 12.0 Å². The molecule has 0 saturated carbocycles. The number of aryl methyl sites for hydroxylation is 2. The molecule has 7 nitrogen and oxygen atoms in total. The third-order valence-electron chi connectivity index (χ3n) is 3.50. The van der Waals surface area contributed by atoms with Gasteiger partial charge >= 0.3 is 6.09 Å². The fourth-order valence-corrected chi connectivity index (χ4v) is 2.14. The molecule has 0 unspecified atom stereocenters. The van der Waals surface area contributed by atoms with E-state index in [9.17, 15) is 9.59 Å². The van der Waals surface area contributed by atoms with Crippen LogP contribution in [0.3, 0.4) is 0 Å². The van der Waals surface area contributed by atoms with Crippen molar-refractivity contribution in [3.8, 4) is 0 Å². The van der Waals surface area contributed by atoms with Crippen LogP contribution in [0.4, 0.5) is 4.79 Å². The summed E-state index contributed by atoms with van der Waals surface area (Å²) in [5, 5.41) is 4.09. The largest absolute Gasteiger partial charge is 0.444 e. The monoisotopic (exact) mass is 338 g/mol. The number of ether oxygens (including phenoxy) is 1. The predicted octanol–water partition coefficient (Wildman–Crippen LogP) is 2.07. The van der Waals surface area contributed by atoms with E-state index >= 15 is 0 Å². The van der Waals surface area contributed by atoms with E-state index in [2.05, 4.69) is 5.10 Å². The van der Waals surface area contributed by atoms with Crippen molar-refractivity contribution < 1.29 is 14.3 Å². The SMILES string of the molecule is CN(CCCN(C)C(=O)OC(C)(C)C)C(=O)CCc1cnn(C)c1. The van der Waals surface area contributed by atoms with E-state index in [1.54, 1.807) is 34.8 Å². The van der Waals surface area contributed by atoms with Crippen LogP contribution in [-0.2, 0) is 23.0 Å². The molecule has 136 valence electrons. The Hall–Kier alpha value is -2.05. The fourth-order valence-electron chi connectivity index (χ4n) is 2.14. The first-order chi connectivity index (χ1) is 11.1. The van der Waals surface area contributed by atoms with Crippen LogP contribution in [-0.4, -0.2) is 64.4 Å². The first kappa shape index (κ1) is 20.0. The minimum absolute atomic E-state index is 0.0961. The molecule has 1 heterocycles. The number of rotatable bonds is 7. The summed E-state index contributed by atoms with van der Waals surface area (Å²) in [6.07, 6.45) is 5.23. The zero-order valence-corrected chi connectivity index (χ0v) is 15.7.